The third kappa shape index (κ3) is 3.41. The van der Waals surface area contributed by atoms with Gasteiger partial charge in [0.05, 0.1) is 24.8 Å². The lowest BCUT2D eigenvalue weighted by atomic mass is 10.1. The van der Waals surface area contributed by atoms with Crippen LogP contribution in [0.5, 0.6) is 11.5 Å². The van der Waals surface area contributed by atoms with Gasteiger partial charge in [-0.2, -0.15) is 0 Å². The maximum atomic E-state index is 11.1. The number of nitro benzene ring substituents is 1. The van der Waals surface area contributed by atoms with Crippen molar-refractivity contribution in [2.45, 2.75) is 6.92 Å². The van der Waals surface area contributed by atoms with Crippen LogP contribution in [0, 0.1) is 17.0 Å². The Labute approximate surface area is 128 Å². The molecule has 0 aliphatic rings. The molecule has 6 heteroatoms. The molecule has 0 bridgehead atoms. The lowest BCUT2D eigenvalue weighted by Crippen LogP contribution is -1.98. The number of nitro groups is 1. The zero-order valence-electron chi connectivity index (χ0n) is 12.6. The van der Waals surface area contributed by atoms with Gasteiger partial charge in [0, 0.05) is 17.8 Å². The van der Waals surface area contributed by atoms with Gasteiger partial charge in [-0.05, 0) is 25.1 Å². The van der Waals surface area contributed by atoms with E-state index in [1.54, 1.807) is 12.3 Å². The molecular weight excluding hydrogens is 284 g/mol. The quantitative estimate of drug-likeness (QED) is 0.479. The minimum atomic E-state index is -0.509. The van der Waals surface area contributed by atoms with Crippen molar-refractivity contribution in [1.29, 1.82) is 0 Å². The van der Waals surface area contributed by atoms with Crippen molar-refractivity contribution in [3.63, 3.8) is 0 Å². The van der Waals surface area contributed by atoms with E-state index in [-0.39, 0.29) is 11.4 Å². The fraction of sp³-hybridized carbons (Fsp3) is 0.188. The van der Waals surface area contributed by atoms with Crippen molar-refractivity contribution < 1.29 is 14.4 Å². The van der Waals surface area contributed by atoms with Crippen LogP contribution in [0.3, 0.4) is 0 Å². The summed E-state index contributed by atoms with van der Waals surface area (Å²) < 4.78 is 10.2. The molecule has 0 aliphatic heterocycles. The number of hydrogen-bond donors (Lipinski definition) is 0. The summed E-state index contributed by atoms with van der Waals surface area (Å²) in [4.78, 5) is 14.9. The Kier molecular flexibility index (Phi) is 4.73. The van der Waals surface area contributed by atoms with E-state index >= 15 is 0 Å². The first kappa shape index (κ1) is 15.5. The van der Waals surface area contributed by atoms with Gasteiger partial charge in [-0.15, -0.1) is 0 Å². The van der Waals surface area contributed by atoms with Crippen molar-refractivity contribution in [1.82, 2.24) is 0 Å². The van der Waals surface area contributed by atoms with Crippen LogP contribution in [-0.2, 0) is 0 Å². The van der Waals surface area contributed by atoms with E-state index in [4.69, 9.17) is 9.47 Å². The normalized spacial score (nSPS) is 10.7. The number of rotatable bonds is 5. The summed E-state index contributed by atoms with van der Waals surface area (Å²) in [5.41, 5.74) is 2.31. The first-order valence-electron chi connectivity index (χ1n) is 6.56. The van der Waals surface area contributed by atoms with Crippen molar-refractivity contribution in [3.05, 3.63) is 57.6 Å². The van der Waals surface area contributed by atoms with Crippen molar-refractivity contribution in [2.75, 3.05) is 14.2 Å². The van der Waals surface area contributed by atoms with Crippen molar-refractivity contribution >= 4 is 17.6 Å². The second kappa shape index (κ2) is 6.71. The zero-order chi connectivity index (χ0) is 16.1. The van der Waals surface area contributed by atoms with E-state index in [0.717, 1.165) is 11.3 Å². The Morgan fingerprint density at radius 2 is 1.82 bits per heavy atom. The van der Waals surface area contributed by atoms with E-state index in [2.05, 4.69) is 4.99 Å². The Morgan fingerprint density at radius 1 is 1.14 bits per heavy atom. The molecule has 6 nitrogen and oxygen atoms in total. The van der Waals surface area contributed by atoms with Gasteiger partial charge in [-0.3, -0.25) is 15.1 Å². The van der Waals surface area contributed by atoms with Crippen LogP contribution in [0.4, 0.5) is 11.4 Å². The summed E-state index contributed by atoms with van der Waals surface area (Å²) in [6.45, 7) is 1.99. The largest absolute Gasteiger partial charge is 0.493 e. The predicted molar refractivity (Wildman–Crippen MR) is 84.6 cm³/mol. The minimum absolute atomic E-state index is 0.0972. The Morgan fingerprint density at radius 3 is 2.36 bits per heavy atom. The fourth-order valence-corrected chi connectivity index (χ4v) is 1.96. The molecule has 0 aliphatic carbocycles. The Bertz CT molecular complexity index is 709. The van der Waals surface area contributed by atoms with Gasteiger partial charge in [0.25, 0.3) is 0 Å². The molecule has 114 valence electrons. The second-order valence-electron chi connectivity index (χ2n) is 4.63. The van der Waals surface area contributed by atoms with E-state index < -0.39 is 4.92 Å². The number of benzene rings is 2. The maximum Gasteiger partial charge on any atom is 0.315 e. The molecule has 0 N–H and O–H groups in total. The number of ether oxygens (including phenoxy) is 2. The molecule has 0 amide bonds. The van der Waals surface area contributed by atoms with E-state index in [1.165, 1.54) is 20.3 Å². The highest BCUT2D eigenvalue weighted by Crippen LogP contribution is 2.37. The van der Waals surface area contributed by atoms with E-state index in [9.17, 15) is 10.1 Å². The molecule has 0 aromatic heterocycles. The van der Waals surface area contributed by atoms with Crippen LogP contribution < -0.4 is 9.47 Å². The minimum Gasteiger partial charge on any atom is -0.493 e. The van der Waals surface area contributed by atoms with E-state index in [0.29, 0.717) is 11.3 Å². The summed E-state index contributed by atoms with van der Waals surface area (Å²) >= 11 is 0. The highest BCUT2D eigenvalue weighted by Gasteiger charge is 2.20. The van der Waals surface area contributed by atoms with Crippen LogP contribution in [0.25, 0.3) is 0 Å². The number of aliphatic imine (C=N–C) groups is 1. The van der Waals surface area contributed by atoms with Crippen molar-refractivity contribution in [2.24, 2.45) is 4.99 Å². The molecule has 0 unspecified atom stereocenters. The number of methoxy groups -OCH3 is 2. The summed E-state index contributed by atoms with van der Waals surface area (Å²) in [7, 11) is 2.80. The molecule has 0 saturated carbocycles. The van der Waals surface area contributed by atoms with Gasteiger partial charge >= 0.3 is 5.69 Å². The van der Waals surface area contributed by atoms with Crippen LogP contribution >= 0.6 is 0 Å². The van der Waals surface area contributed by atoms with Gasteiger partial charge < -0.3 is 9.47 Å². The highest BCUT2D eigenvalue weighted by molar-refractivity contribution is 5.85. The van der Waals surface area contributed by atoms with Crippen LogP contribution in [-0.4, -0.2) is 25.4 Å². The SMILES string of the molecule is COc1cc(C=Nc2ccc(C)cc2)cc([N+](=O)[O-])c1OC. The van der Waals surface area contributed by atoms with Crippen LogP contribution in [0.1, 0.15) is 11.1 Å². The highest BCUT2D eigenvalue weighted by atomic mass is 16.6. The first-order chi connectivity index (χ1) is 10.5. The zero-order valence-corrected chi connectivity index (χ0v) is 12.6. The smallest absolute Gasteiger partial charge is 0.315 e. The molecule has 2 aromatic rings. The van der Waals surface area contributed by atoms with Gasteiger partial charge in [-0.1, -0.05) is 17.7 Å². The van der Waals surface area contributed by atoms with Crippen molar-refractivity contribution in [3.8, 4) is 11.5 Å². The summed E-state index contributed by atoms with van der Waals surface area (Å²) in [6, 6.07) is 10.7. The molecule has 2 rings (SSSR count). The Hall–Kier alpha value is -2.89. The molecule has 2 aromatic carbocycles. The molecular formula is C16H16N2O4. The lowest BCUT2D eigenvalue weighted by molar-refractivity contribution is -0.385. The average molecular weight is 300 g/mol. The van der Waals surface area contributed by atoms with Crippen LogP contribution in [0.15, 0.2) is 41.4 Å². The van der Waals surface area contributed by atoms with Gasteiger partial charge in [0.2, 0.25) is 5.75 Å². The first-order valence-corrected chi connectivity index (χ1v) is 6.56. The summed E-state index contributed by atoms with van der Waals surface area (Å²) in [6.07, 6.45) is 1.56. The topological polar surface area (TPSA) is 74.0 Å². The molecule has 0 spiro atoms. The molecule has 22 heavy (non-hydrogen) atoms. The lowest BCUT2D eigenvalue weighted by Gasteiger charge is -2.08. The van der Waals surface area contributed by atoms with Gasteiger partial charge in [-0.25, -0.2) is 0 Å². The fourth-order valence-electron chi connectivity index (χ4n) is 1.96. The summed E-state index contributed by atoms with van der Waals surface area (Å²) in [5.74, 6) is 0.391. The Balaban J connectivity index is 2.40. The summed E-state index contributed by atoms with van der Waals surface area (Å²) in [5, 5.41) is 11.1. The molecule has 0 fully saturated rings. The number of aryl methyl sites for hydroxylation is 1. The molecule has 0 atom stereocenters. The molecule has 0 heterocycles. The predicted octanol–water partition coefficient (Wildman–Crippen LogP) is 3.67. The van der Waals surface area contributed by atoms with Gasteiger partial charge in [0.1, 0.15) is 0 Å². The second-order valence-corrected chi connectivity index (χ2v) is 4.63. The molecule has 0 saturated heterocycles. The van der Waals surface area contributed by atoms with Gasteiger partial charge in [0.15, 0.2) is 5.75 Å². The third-order valence-electron chi connectivity index (χ3n) is 3.07. The number of hydrogen-bond acceptors (Lipinski definition) is 5. The standard InChI is InChI=1S/C16H16N2O4/c1-11-4-6-13(7-5-11)17-10-12-8-14(18(19)20)16(22-3)15(9-12)21-2/h4-10H,1-3H3. The van der Waals surface area contributed by atoms with Crippen LogP contribution in [0.2, 0.25) is 0 Å². The molecule has 0 radical (unpaired) electrons. The monoisotopic (exact) mass is 300 g/mol. The maximum absolute atomic E-state index is 11.1. The van der Waals surface area contributed by atoms with E-state index in [1.807, 2.05) is 31.2 Å². The third-order valence-corrected chi connectivity index (χ3v) is 3.07. The average Bonchev–Trinajstić information content (AvgIpc) is 2.53. The number of nitrogens with zero attached hydrogens (tertiary/aromatic N) is 2.